The SMILES string of the molecule is C/C=C(\C)N(C1=CC=C[C@@H](C)C1)c1ccccc1. The Labute approximate surface area is 110 Å². The molecule has 1 atom stereocenters. The maximum absolute atomic E-state index is 2.35. The van der Waals surface area contributed by atoms with E-state index in [4.69, 9.17) is 0 Å². The summed E-state index contributed by atoms with van der Waals surface area (Å²) in [4.78, 5) is 2.35. The summed E-state index contributed by atoms with van der Waals surface area (Å²) in [6.07, 6.45) is 9.91. The summed E-state index contributed by atoms with van der Waals surface area (Å²) in [5, 5.41) is 0. The van der Waals surface area contributed by atoms with Gasteiger partial charge in [-0.15, -0.1) is 0 Å². The molecule has 0 spiro atoms. The zero-order valence-corrected chi connectivity index (χ0v) is 11.4. The normalized spacial score (nSPS) is 19.6. The lowest BCUT2D eigenvalue weighted by Crippen LogP contribution is -2.22. The smallest absolute Gasteiger partial charge is 0.0454 e. The molecule has 0 aliphatic heterocycles. The number of hydrogen-bond acceptors (Lipinski definition) is 1. The van der Waals surface area contributed by atoms with E-state index >= 15 is 0 Å². The highest BCUT2D eigenvalue weighted by Gasteiger charge is 2.16. The first-order valence-corrected chi connectivity index (χ1v) is 6.58. The molecule has 1 aromatic rings. The molecule has 0 saturated carbocycles. The van der Waals surface area contributed by atoms with Crippen LogP contribution >= 0.6 is 0 Å². The van der Waals surface area contributed by atoms with E-state index in [9.17, 15) is 0 Å². The van der Waals surface area contributed by atoms with E-state index in [0.29, 0.717) is 5.92 Å². The Bertz CT molecular complexity index is 480. The van der Waals surface area contributed by atoms with Crippen molar-refractivity contribution in [2.75, 3.05) is 4.90 Å². The van der Waals surface area contributed by atoms with Crippen molar-refractivity contribution in [3.63, 3.8) is 0 Å². The summed E-state index contributed by atoms with van der Waals surface area (Å²) in [7, 11) is 0. The first-order chi connectivity index (χ1) is 8.72. The molecule has 1 aromatic carbocycles. The van der Waals surface area contributed by atoms with Gasteiger partial charge in [0.05, 0.1) is 0 Å². The van der Waals surface area contributed by atoms with Crippen LogP contribution in [0.4, 0.5) is 5.69 Å². The van der Waals surface area contributed by atoms with Crippen LogP contribution in [0, 0.1) is 5.92 Å². The number of benzene rings is 1. The molecule has 1 aliphatic rings. The van der Waals surface area contributed by atoms with Crippen molar-refractivity contribution in [1.29, 1.82) is 0 Å². The van der Waals surface area contributed by atoms with Crippen molar-refractivity contribution >= 4 is 5.69 Å². The molecule has 0 aromatic heterocycles. The Morgan fingerprint density at radius 2 is 2.00 bits per heavy atom. The molecule has 0 N–H and O–H groups in total. The van der Waals surface area contributed by atoms with Gasteiger partial charge in [0.1, 0.15) is 0 Å². The summed E-state index contributed by atoms with van der Waals surface area (Å²) in [5.41, 5.74) is 3.88. The summed E-state index contributed by atoms with van der Waals surface area (Å²) in [6, 6.07) is 10.6. The third kappa shape index (κ3) is 2.73. The molecule has 0 fully saturated rings. The molecule has 0 saturated heterocycles. The molecule has 18 heavy (non-hydrogen) atoms. The van der Waals surface area contributed by atoms with Gasteiger partial charge in [-0.2, -0.15) is 0 Å². The van der Waals surface area contributed by atoms with Gasteiger partial charge in [0, 0.05) is 17.1 Å². The Balaban J connectivity index is 2.38. The molecule has 0 radical (unpaired) electrons. The van der Waals surface area contributed by atoms with Gasteiger partial charge in [-0.3, -0.25) is 0 Å². The van der Waals surface area contributed by atoms with Crippen LogP contribution in [0.5, 0.6) is 0 Å². The van der Waals surface area contributed by atoms with Crippen molar-refractivity contribution in [3.05, 3.63) is 66.0 Å². The summed E-state index contributed by atoms with van der Waals surface area (Å²) in [5.74, 6) is 0.612. The van der Waals surface area contributed by atoms with Crippen LogP contribution in [0.25, 0.3) is 0 Å². The number of nitrogens with zero attached hydrogens (tertiary/aromatic N) is 1. The maximum Gasteiger partial charge on any atom is 0.0454 e. The standard InChI is InChI=1S/C17H21N/c1-4-15(3)18(16-10-6-5-7-11-16)17-12-8-9-14(2)13-17/h4-12,14H,13H2,1-3H3/b15-4+/t14-/m1/s1. The molecule has 1 nitrogen and oxygen atoms in total. The molecule has 0 bridgehead atoms. The van der Waals surface area contributed by atoms with Crippen molar-refractivity contribution in [2.45, 2.75) is 27.2 Å². The lowest BCUT2D eigenvalue weighted by molar-refractivity contribution is 0.690. The highest BCUT2D eigenvalue weighted by atomic mass is 15.2. The maximum atomic E-state index is 2.35. The monoisotopic (exact) mass is 239 g/mol. The second kappa shape index (κ2) is 5.72. The van der Waals surface area contributed by atoms with Crippen LogP contribution in [0.15, 0.2) is 66.0 Å². The molecule has 1 heteroatoms. The second-order valence-corrected chi connectivity index (χ2v) is 4.83. The Kier molecular flexibility index (Phi) is 4.03. The van der Waals surface area contributed by atoms with E-state index in [1.54, 1.807) is 0 Å². The lowest BCUT2D eigenvalue weighted by atomic mass is 9.99. The Morgan fingerprint density at radius 3 is 2.61 bits per heavy atom. The number of hydrogen-bond donors (Lipinski definition) is 0. The van der Waals surface area contributed by atoms with Crippen molar-refractivity contribution in [3.8, 4) is 0 Å². The predicted molar refractivity (Wildman–Crippen MR) is 79.4 cm³/mol. The third-order valence-corrected chi connectivity index (χ3v) is 3.33. The van der Waals surface area contributed by atoms with Gasteiger partial charge in [-0.1, -0.05) is 43.4 Å². The molecular weight excluding hydrogens is 218 g/mol. The number of rotatable bonds is 3. The van der Waals surface area contributed by atoms with Gasteiger partial charge >= 0.3 is 0 Å². The van der Waals surface area contributed by atoms with Gasteiger partial charge in [-0.05, 0) is 44.4 Å². The summed E-state index contributed by atoms with van der Waals surface area (Å²) < 4.78 is 0. The van der Waals surface area contributed by atoms with Gasteiger partial charge in [0.25, 0.3) is 0 Å². The van der Waals surface area contributed by atoms with Crippen LogP contribution in [-0.2, 0) is 0 Å². The highest BCUT2D eigenvalue weighted by Crippen LogP contribution is 2.29. The highest BCUT2D eigenvalue weighted by molar-refractivity contribution is 5.58. The Morgan fingerprint density at radius 1 is 1.28 bits per heavy atom. The topological polar surface area (TPSA) is 3.24 Å². The predicted octanol–water partition coefficient (Wildman–Crippen LogP) is 4.90. The van der Waals surface area contributed by atoms with Crippen LogP contribution in [0.2, 0.25) is 0 Å². The van der Waals surface area contributed by atoms with E-state index in [1.807, 2.05) is 0 Å². The molecule has 0 heterocycles. The van der Waals surface area contributed by atoms with E-state index in [1.165, 1.54) is 17.1 Å². The van der Waals surface area contributed by atoms with E-state index in [2.05, 4.69) is 80.3 Å². The van der Waals surface area contributed by atoms with Crippen LogP contribution in [0.1, 0.15) is 27.2 Å². The largest absolute Gasteiger partial charge is 0.319 e. The summed E-state index contributed by atoms with van der Waals surface area (Å²) in [6.45, 7) is 6.52. The minimum absolute atomic E-state index is 0.612. The fourth-order valence-corrected chi connectivity index (χ4v) is 2.29. The molecule has 94 valence electrons. The minimum Gasteiger partial charge on any atom is -0.319 e. The third-order valence-electron chi connectivity index (χ3n) is 3.33. The molecule has 0 unspecified atom stereocenters. The fourth-order valence-electron chi connectivity index (χ4n) is 2.29. The van der Waals surface area contributed by atoms with Gasteiger partial charge < -0.3 is 4.90 Å². The fraction of sp³-hybridized carbons (Fsp3) is 0.294. The minimum atomic E-state index is 0.612. The van der Waals surface area contributed by atoms with Crippen molar-refractivity contribution < 1.29 is 0 Å². The van der Waals surface area contributed by atoms with E-state index in [-0.39, 0.29) is 0 Å². The molecule has 0 amide bonds. The van der Waals surface area contributed by atoms with Crippen LogP contribution in [0.3, 0.4) is 0 Å². The lowest BCUT2D eigenvalue weighted by Gasteiger charge is -2.30. The van der Waals surface area contributed by atoms with Crippen LogP contribution in [-0.4, -0.2) is 0 Å². The summed E-state index contributed by atoms with van der Waals surface area (Å²) >= 11 is 0. The second-order valence-electron chi connectivity index (χ2n) is 4.83. The van der Waals surface area contributed by atoms with E-state index < -0.39 is 0 Å². The average molecular weight is 239 g/mol. The van der Waals surface area contributed by atoms with Gasteiger partial charge in [-0.25, -0.2) is 0 Å². The molecule has 1 aliphatic carbocycles. The van der Waals surface area contributed by atoms with E-state index in [0.717, 1.165) is 6.42 Å². The molecule has 2 rings (SSSR count). The van der Waals surface area contributed by atoms with Crippen molar-refractivity contribution in [2.24, 2.45) is 5.92 Å². The van der Waals surface area contributed by atoms with Crippen molar-refractivity contribution in [1.82, 2.24) is 0 Å². The number of para-hydroxylation sites is 1. The first kappa shape index (κ1) is 12.7. The van der Waals surface area contributed by atoms with Gasteiger partial charge in [0.2, 0.25) is 0 Å². The Hall–Kier alpha value is -1.76. The molecular formula is C17H21N. The number of anilines is 1. The zero-order valence-electron chi connectivity index (χ0n) is 11.4. The number of allylic oxidation sites excluding steroid dienone is 6. The average Bonchev–Trinajstić information content (AvgIpc) is 2.40. The quantitative estimate of drug-likeness (QED) is 0.725. The van der Waals surface area contributed by atoms with Crippen LogP contribution < -0.4 is 4.90 Å². The van der Waals surface area contributed by atoms with Gasteiger partial charge in [0.15, 0.2) is 0 Å². The zero-order chi connectivity index (χ0) is 13.0. The first-order valence-electron chi connectivity index (χ1n) is 6.58.